The third-order valence-corrected chi connectivity index (χ3v) is 5.46. The van der Waals surface area contributed by atoms with Crippen LogP contribution in [0.3, 0.4) is 0 Å². The molecule has 1 aromatic rings. The van der Waals surface area contributed by atoms with E-state index in [-0.39, 0.29) is 0 Å². The highest BCUT2D eigenvalue weighted by atomic mass is 79.9. The summed E-state index contributed by atoms with van der Waals surface area (Å²) in [4.78, 5) is 2.47. The van der Waals surface area contributed by atoms with Crippen molar-refractivity contribution in [2.24, 2.45) is 0 Å². The van der Waals surface area contributed by atoms with Crippen LogP contribution in [0.1, 0.15) is 50.5 Å². The van der Waals surface area contributed by atoms with Crippen LogP contribution in [0, 0.1) is 0 Å². The van der Waals surface area contributed by atoms with Gasteiger partial charge in [0.05, 0.1) is 0 Å². The van der Waals surface area contributed by atoms with Gasteiger partial charge in [-0.3, -0.25) is 0 Å². The lowest BCUT2D eigenvalue weighted by molar-refractivity contribution is 0.427. The summed E-state index contributed by atoms with van der Waals surface area (Å²) < 4.78 is 1.24. The minimum absolute atomic E-state index is 0.728. The van der Waals surface area contributed by atoms with Crippen LogP contribution in [0.15, 0.2) is 22.7 Å². The highest BCUT2D eigenvalue weighted by Crippen LogP contribution is 2.29. The molecule has 3 rings (SSSR count). The molecule has 2 aliphatic carbocycles. The molecule has 1 N–H and O–H groups in total. The Kier molecular flexibility index (Phi) is 4.67. The number of benzene rings is 1. The van der Waals surface area contributed by atoms with E-state index in [1.54, 1.807) is 0 Å². The number of nitrogens with zero attached hydrogens (tertiary/aromatic N) is 1. The molecule has 0 radical (unpaired) electrons. The second-order valence-corrected chi connectivity index (χ2v) is 7.19. The molecule has 0 aromatic heterocycles. The summed E-state index contributed by atoms with van der Waals surface area (Å²) >= 11 is 3.74. The second-order valence-electron chi connectivity index (χ2n) is 6.33. The maximum atomic E-state index is 3.74. The monoisotopic (exact) mass is 336 g/mol. The van der Waals surface area contributed by atoms with Gasteiger partial charge in [0.2, 0.25) is 0 Å². The largest absolute Gasteiger partial charge is 0.372 e. The van der Waals surface area contributed by atoms with Crippen LogP contribution in [-0.2, 0) is 6.54 Å². The average molecular weight is 337 g/mol. The summed E-state index contributed by atoms with van der Waals surface area (Å²) in [7, 11) is 2.25. The molecule has 0 amide bonds. The number of anilines is 1. The van der Waals surface area contributed by atoms with Gasteiger partial charge in [-0.25, -0.2) is 0 Å². The SMILES string of the molecule is CN(c1ccc(CNC2CC2)c(Br)c1)C1CCCCC1. The first-order chi connectivity index (χ1) is 9.74. The van der Waals surface area contributed by atoms with Crippen molar-refractivity contribution in [2.45, 2.75) is 63.6 Å². The van der Waals surface area contributed by atoms with E-state index >= 15 is 0 Å². The first-order valence-corrected chi connectivity index (χ1v) is 8.78. The molecule has 0 unspecified atom stereocenters. The molecule has 0 bridgehead atoms. The number of hydrogen-bond acceptors (Lipinski definition) is 2. The van der Waals surface area contributed by atoms with Crippen LogP contribution in [0.25, 0.3) is 0 Å². The van der Waals surface area contributed by atoms with Crippen LogP contribution in [-0.4, -0.2) is 19.1 Å². The summed E-state index contributed by atoms with van der Waals surface area (Å²) in [6, 6.07) is 8.34. The van der Waals surface area contributed by atoms with Gasteiger partial charge in [0.25, 0.3) is 0 Å². The van der Waals surface area contributed by atoms with Crippen LogP contribution in [0.5, 0.6) is 0 Å². The summed E-state index contributed by atoms with van der Waals surface area (Å²) in [5, 5.41) is 3.58. The van der Waals surface area contributed by atoms with E-state index in [4.69, 9.17) is 0 Å². The third-order valence-electron chi connectivity index (χ3n) is 4.72. The normalized spacial score (nSPS) is 20.1. The van der Waals surface area contributed by atoms with E-state index in [0.29, 0.717) is 0 Å². The molecule has 0 aliphatic heterocycles. The quantitative estimate of drug-likeness (QED) is 0.853. The van der Waals surface area contributed by atoms with E-state index in [2.05, 4.69) is 51.4 Å². The van der Waals surface area contributed by atoms with Crippen molar-refractivity contribution < 1.29 is 0 Å². The molecule has 2 nitrogen and oxygen atoms in total. The maximum Gasteiger partial charge on any atom is 0.0377 e. The molecule has 2 fully saturated rings. The fraction of sp³-hybridized carbons (Fsp3) is 0.647. The van der Waals surface area contributed by atoms with E-state index in [1.165, 1.54) is 60.7 Å². The number of halogens is 1. The van der Waals surface area contributed by atoms with E-state index < -0.39 is 0 Å². The smallest absolute Gasteiger partial charge is 0.0377 e. The van der Waals surface area contributed by atoms with E-state index in [9.17, 15) is 0 Å². The zero-order valence-electron chi connectivity index (χ0n) is 12.4. The van der Waals surface area contributed by atoms with Crippen molar-refractivity contribution >= 4 is 21.6 Å². The Morgan fingerprint density at radius 2 is 1.90 bits per heavy atom. The summed E-state index contributed by atoms with van der Waals surface area (Å²) in [6.07, 6.45) is 9.58. The van der Waals surface area contributed by atoms with Gasteiger partial charge in [0, 0.05) is 35.8 Å². The molecule has 0 saturated heterocycles. The van der Waals surface area contributed by atoms with Gasteiger partial charge in [-0.2, -0.15) is 0 Å². The molecule has 0 atom stereocenters. The van der Waals surface area contributed by atoms with Crippen molar-refractivity contribution in [3.05, 3.63) is 28.2 Å². The van der Waals surface area contributed by atoms with Gasteiger partial charge in [0.1, 0.15) is 0 Å². The lowest BCUT2D eigenvalue weighted by atomic mass is 9.94. The minimum Gasteiger partial charge on any atom is -0.372 e. The van der Waals surface area contributed by atoms with Crippen LogP contribution in [0.4, 0.5) is 5.69 Å². The Morgan fingerprint density at radius 3 is 2.55 bits per heavy atom. The van der Waals surface area contributed by atoms with Crippen LogP contribution >= 0.6 is 15.9 Å². The highest BCUT2D eigenvalue weighted by molar-refractivity contribution is 9.10. The molecule has 0 heterocycles. The van der Waals surface area contributed by atoms with Crippen LogP contribution < -0.4 is 10.2 Å². The molecule has 2 aliphatic rings. The topological polar surface area (TPSA) is 15.3 Å². The maximum absolute atomic E-state index is 3.74. The Hall–Kier alpha value is -0.540. The Morgan fingerprint density at radius 1 is 1.15 bits per heavy atom. The summed E-state index contributed by atoms with van der Waals surface area (Å²) in [5.74, 6) is 0. The van der Waals surface area contributed by atoms with Crippen LogP contribution in [0.2, 0.25) is 0 Å². The van der Waals surface area contributed by atoms with Crippen molar-refractivity contribution in [3.63, 3.8) is 0 Å². The predicted molar refractivity (Wildman–Crippen MR) is 89.3 cm³/mol. The second kappa shape index (κ2) is 6.48. The molecule has 3 heteroatoms. The average Bonchev–Trinajstić information content (AvgIpc) is 3.30. The molecule has 110 valence electrons. The number of hydrogen-bond donors (Lipinski definition) is 1. The van der Waals surface area contributed by atoms with Gasteiger partial charge in [0.15, 0.2) is 0 Å². The van der Waals surface area contributed by atoms with Gasteiger partial charge in [-0.05, 0) is 43.4 Å². The number of rotatable bonds is 5. The van der Waals surface area contributed by atoms with Gasteiger partial charge >= 0.3 is 0 Å². The lowest BCUT2D eigenvalue weighted by Crippen LogP contribution is -2.33. The zero-order chi connectivity index (χ0) is 13.9. The summed E-state index contributed by atoms with van der Waals surface area (Å²) in [5.41, 5.74) is 2.72. The third kappa shape index (κ3) is 3.56. The van der Waals surface area contributed by atoms with Gasteiger partial charge in [-0.1, -0.05) is 41.3 Å². The lowest BCUT2D eigenvalue weighted by Gasteiger charge is -2.33. The van der Waals surface area contributed by atoms with E-state index in [0.717, 1.165) is 18.6 Å². The predicted octanol–water partition coefficient (Wildman–Crippen LogP) is 4.47. The van der Waals surface area contributed by atoms with Gasteiger partial charge < -0.3 is 10.2 Å². The highest BCUT2D eigenvalue weighted by Gasteiger charge is 2.21. The fourth-order valence-corrected chi connectivity index (χ4v) is 3.63. The standard InChI is InChI=1S/C17H25BrN2/c1-20(15-5-3-2-4-6-15)16-10-7-13(17(18)11-16)12-19-14-8-9-14/h7,10-11,14-15,19H,2-6,8-9,12H2,1H3. The Balaban J connectivity index is 1.64. The van der Waals surface area contributed by atoms with Crippen molar-refractivity contribution in [1.29, 1.82) is 0 Å². The molecular weight excluding hydrogens is 312 g/mol. The first-order valence-electron chi connectivity index (χ1n) is 7.98. The molecule has 1 aromatic carbocycles. The van der Waals surface area contributed by atoms with E-state index in [1.807, 2.05) is 0 Å². The van der Waals surface area contributed by atoms with Gasteiger partial charge in [-0.15, -0.1) is 0 Å². The summed E-state index contributed by atoms with van der Waals surface area (Å²) in [6.45, 7) is 0.985. The Bertz CT molecular complexity index is 450. The fourth-order valence-electron chi connectivity index (χ4n) is 3.12. The molecule has 20 heavy (non-hydrogen) atoms. The van der Waals surface area contributed by atoms with Crippen molar-refractivity contribution in [2.75, 3.05) is 11.9 Å². The minimum atomic E-state index is 0.728. The first kappa shape index (κ1) is 14.4. The van der Waals surface area contributed by atoms with Crippen molar-refractivity contribution in [3.8, 4) is 0 Å². The molecular formula is C17H25BrN2. The Labute approximate surface area is 131 Å². The van der Waals surface area contributed by atoms with Crippen molar-refractivity contribution in [1.82, 2.24) is 5.32 Å². The number of nitrogens with one attached hydrogen (secondary N) is 1. The zero-order valence-corrected chi connectivity index (χ0v) is 14.0. The molecule has 0 spiro atoms. The molecule has 2 saturated carbocycles.